The van der Waals surface area contributed by atoms with Gasteiger partial charge in [-0.15, -0.1) is 0 Å². The van der Waals surface area contributed by atoms with E-state index >= 15 is 0 Å². The van der Waals surface area contributed by atoms with E-state index in [1.54, 1.807) is 6.92 Å². The predicted molar refractivity (Wildman–Crippen MR) is 53.9 cm³/mol. The van der Waals surface area contributed by atoms with E-state index in [0.29, 0.717) is 18.9 Å². The molecule has 0 amide bonds. The van der Waals surface area contributed by atoms with Crippen molar-refractivity contribution >= 4 is 11.7 Å². The highest BCUT2D eigenvalue weighted by atomic mass is 16.5. The Morgan fingerprint density at radius 1 is 1.50 bits per heavy atom. The fraction of sp³-hybridized carbons (Fsp3) is 0.800. The molecule has 0 saturated heterocycles. The van der Waals surface area contributed by atoms with E-state index in [-0.39, 0.29) is 5.71 Å². The van der Waals surface area contributed by atoms with Crippen LogP contribution in [0.4, 0.5) is 0 Å². The van der Waals surface area contributed by atoms with E-state index in [9.17, 15) is 4.79 Å². The monoisotopic (exact) mass is 198 g/mol. The molecule has 4 heteroatoms. The molecule has 0 aliphatic carbocycles. The van der Waals surface area contributed by atoms with Crippen molar-refractivity contribution in [1.82, 2.24) is 0 Å². The first-order valence-electron chi connectivity index (χ1n) is 5.03. The van der Waals surface area contributed by atoms with Crippen molar-refractivity contribution < 1.29 is 14.3 Å². The molecular formula is C10H18N2O2. The maximum Gasteiger partial charge on any atom is 0.416 e. The zero-order chi connectivity index (χ0) is 11.0. The minimum Gasteiger partial charge on any atom is -0.457 e. The van der Waals surface area contributed by atoms with Gasteiger partial charge in [-0.1, -0.05) is 26.7 Å². The van der Waals surface area contributed by atoms with Crippen molar-refractivity contribution in [3.05, 3.63) is 5.53 Å². The van der Waals surface area contributed by atoms with Gasteiger partial charge in [0.05, 0.1) is 13.0 Å². The van der Waals surface area contributed by atoms with Gasteiger partial charge in [0, 0.05) is 0 Å². The summed E-state index contributed by atoms with van der Waals surface area (Å²) in [6.07, 6.45) is 2.55. The van der Waals surface area contributed by atoms with Gasteiger partial charge in [0.1, 0.15) is 0 Å². The van der Waals surface area contributed by atoms with Gasteiger partial charge in [-0.25, -0.2) is 4.79 Å². The molecule has 1 unspecified atom stereocenters. The summed E-state index contributed by atoms with van der Waals surface area (Å²) in [4.78, 5) is 14.2. The summed E-state index contributed by atoms with van der Waals surface area (Å²) in [7, 11) is 0. The van der Waals surface area contributed by atoms with Gasteiger partial charge in [-0.3, -0.25) is 0 Å². The Morgan fingerprint density at radius 2 is 2.14 bits per heavy atom. The normalized spacial score (nSPS) is 11.6. The van der Waals surface area contributed by atoms with Gasteiger partial charge < -0.3 is 10.3 Å². The molecule has 14 heavy (non-hydrogen) atoms. The first kappa shape index (κ1) is 12.8. The van der Waals surface area contributed by atoms with Crippen LogP contribution in [0.5, 0.6) is 0 Å². The summed E-state index contributed by atoms with van der Waals surface area (Å²) < 4.78 is 4.74. The number of esters is 1. The lowest BCUT2D eigenvalue weighted by atomic mass is 9.99. The van der Waals surface area contributed by atoms with Gasteiger partial charge in [-0.05, 0) is 12.8 Å². The molecular weight excluding hydrogens is 180 g/mol. The third kappa shape index (κ3) is 4.77. The molecule has 0 aromatic heterocycles. The molecule has 0 rings (SSSR count). The number of nitrogens with zero attached hydrogens (tertiary/aromatic N) is 2. The summed E-state index contributed by atoms with van der Waals surface area (Å²) in [5.74, 6) is -0.173. The van der Waals surface area contributed by atoms with Crippen molar-refractivity contribution in [3.8, 4) is 0 Å². The second-order valence-corrected chi connectivity index (χ2v) is 3.37. The number of rotatable bonds is 6. The highest BCUT2D eigenvalue weighted by Gasteiger charge is 2.23. The van der Waals surface area contributed by atoms with Gasteiger partial charge in [-0.2, -0.15) is 4.79 Å². The maximum absolute atomic E-state index is 11.2. The summed E-state index contributed by atoms with van der Waals surface area (Å²) in [6, 6.07) is 0. The number of hydrogen-bond acceptors (Lipinski definition) is 2. The molecule has 0 N–H and O–H groups in total. The van der Waals surface area contributed by atoms with E-state index < -0.39 is 5.97 Å². The van der Waals surface area contributed by atoms with Crippen LogP contribution in [0.3, 0.4) is 0 Å². The average Bonchev–Trinajstić information content (AvgIpc) is 2.15. The lowest BCUT2D eigenvalue weighted by molar-refractivity contribution is -0.140. The van der Waals surface area contributed by atoms with Crippen LogP contribution in [-0.4, -0.2) is 23.1 Å². The van der Waals surface area contributed by atoms with Crippen molar-refractivity contribution in [2.24, 2.45) is 5.92 Å². The second-order valence-electron chi connectivity index (χ2n) is 3.37. The zero-order valence-corrected chi connectivity index (χ0v) is 9.12. The lowest BCUT2D eigenvalue weighted by Gasteiger charge is -2.05. The van der Waals surface area contributed by atoms with Crippen molar-refractivity contribution in [2.45, 2.75) is 40.0 Å². The van der Waals surface area contributed by atoms with Gasteiger partial charge in [0.15, 0.2) is 0 Å². The molecule has 4 nitrogen and oxygen atoms in total. The Balaban J connectivity index is 4.17. The summed E-state index contributed by atoms with van der Waals surface area (Å²) in [5, 5.41) is 0. The molecule has 0 aliphatic rings. The topological polar surface area (TPSA) is 62.7 Å². The van der Waals surface area contributed by atoms with Crippen LogP contribution in [0.1, 0.15) is 40.0 Å². The Labute approximate surface area is 84.9 Å². The summed E-state index contributed by atoms with van der Waals surface area (Å²) in [5.41, 5.74) is 8.75. The van der Waals surface area contributed by atoms with Gasteiger partial charge in [0.25, 0.3) is 0 Å². The molecule has 80 valence electrons. The maximum atomic E-state index is 11.2. The van der Waals surface area contributed by atoms with Gasteiger partial charge >= 0.3 is 11.7 Å². The van der Waals surface area contributed by atoms with Gasteiger partial charge in [0.2, 0.25) is 0 Å². The fourth-order valence-corrected chi connectivity index (χ4v) is 1.30. The summed E-state index contributed by atoms with van der Waals surface area (Å²) >= 11 is 0. The molecule has 0 heterocycles. The number of ether oxygens (including phenoxy) is 1. The standard InChI is InChI=1S/C10H18N2O2/c1-4-6-8(3)7-9(12-11)10(13)14-5-2/h8H,4-7H2,1-3H3. The van der Waals surface area contributed by atoms with Crippen molar-refractivity contribution in [1.29, 1.82) is 0 Å². The third-order valence-corrected chi connectivity index (χ3v) is 1.96. The van der Waals surface area contributed by atoms with E-state index in [0.717, 1.165) is 12.8 Å². The summed E-state index contributed by atoms with van der Waals surface area (Å²) in [6.45, 7) is 6.13. The van der Waals surface area contributed by atoms with Crippen LogP contribution < -0.4 is 0 Å². The molecule has 0 aromatic rings. The highest BCUT2D eigenvalue weighted by Crippen LogP contribution is 2.10. The Bertz CT molecular complexity index is 232. The first-order chi connectivity index (χ1) is 6.65. The minimum atomic E-state index is -0.516. The quantitative estimate of drug-likeness (QED) is 0.284. The molecule has 1 atom stereocenters. The van der Waals surface area contributed by atoms with E-state index in [1.165, 1.54) is 0 Å². The molecule has 0 bridgehead atoms. The third-order valence-electron chi connectivity index (χ3n) is 1.96. The van der Waals surface area contributed by atoms with Crippen LogP contribution in [-0.2, 0) is 9.53 Å². The van der Waals surface area contributed by atoms with Crippen LogP contribution >= 0.6 is 0 Å². The lowest BCUT2D eigenvalue weighted by Crippen LogP contribution is -2.21. The Morgan fingerprint density at radius 3 is 2.57 bits per heavy atom. The Hall–Kier alpha value is -1.15. The number of hydrogen-bond donors (Lipinski definition) is 0. The highest BCUT2D eigenvalue weighted by molar-refractivity contribution is 6.33. The first-order valence-corrected chi connectivity index (χ1v) is 5.03. The van der Waals surface area contributed by atoms with E-state index in [2.05, 4.69) is 11.7 Å². The molecule has 0 aliphatic heterocycles. The van der Waals surface area contributed by atoms with Crippen molar-refractivity contribution in [3.63, 3.8) is 0 Å². The zero-order valence-electron chi connectivity index (χ0n) is 9.12. The fourth-order valence-electron chi connectivity index (χ4n) is 1.30. The largest absolute Gasteiger partial charge is 0.457 e. The average molecular weight is 198 g/mol. The van der Waals surface area contributed by atoms with Crippen LogP contribution in [0.2, 0.25) is 0 Å². The SMILES string of the molecule is CCCC(C)CC(=[N+]=[N-])C(=O)OCC. The molecule has 0 aromatic carbocycles. The number of carbonyl (C=O) groups excluding carboxylic acids is 1. The number of carbonyl (C=O) groups is 1. The van der Waals surface area contributed by atoms with E-state index in [4.69, 9.17) is 10.3 Å². The smallest absolute Gasteiger partial charge is 0.416 e. The minimum absolute atomic E-state index is 0.118. The van der Waals surface area contributed by atoms with Crippen LogP contribution in [0.25, 0.3) is 5.53 Å². The second kappa shape index (κ2) is 7.27. The van der Waals surface area contributed by atoms with E-state index in [1.807, 2.05) is 6.92 Å². The molecule has 0 fully saturated rings. The van der Waals surface area contributed by atoms with Crippen LogP contribution in [0.15, 0.2) is 0 Å². The van der Waals surface area contributed by atoms with Crippen molar-refractivity contribution in [2.75, 3.05) is 6.61 Å². The predicted octanol–water partition coefficient (Wildman–Crippen LogP) is 2.05. The molecule has 0 radical (unpaired) electrons. The van der Waals surface area contributed by atoms with Crippen LogP contribution in [0, 0.1) is 5.92 Å². The Kier molecular flexibility index (Phi) is 6.68. The molecule has 0 saturated carbocycles. The molecule has 0 spiro atoms.